The van der Waals surface area contributed by atoms with Crippen LogP contribution in [0.5, 0.6) is 0 Å². The van der Waals surface area contributed by atoms with E-state index in [0.29, 0.717) is 17.7 Å². The number of carbonyl (C=O) groups excluding carboxylic acids is 1. The molecule has 1 amide bonds. The summed E-state index contributed by atoms with van der Waals surface area (Å²) in [6, 6.07) is 13.1. The number of ether oxygens (including phenoxy) is 1. The molecule has 1 aromatic heterocycles. The Hall–Kier alpha value is -3.06. The fraction of sp³-hybridized carbons (Fsp3) is 0.250. The summed E-state index contributed by atoms with van der Waals surface area (Å²) in [7, 11) is 0. The molecule has 0 bridgehead atoms. The summed E-state index contributed by atoms with van der Waals surface area (Å²) in [4.78, 5) is 16.9. The Morgan fingerprint density at radius 3 is 2.70 bits per heavy atom. The van der Waals surface area contributed by atoms with Crippen LogP contribution in [0.15, 0.2) is 53.1 Å². The van der Waals surface area contributed by atoms with E-state index in [1.54, 1.807) is 42.5 Å². The number of nitrogens with zero attached hydrogens (tertiary/aromatic N) is 2. The molecule has 0 radical (unpaired) electrons. The molecule has 2 heterocycles. The fourth-order valence-electron chi connectivity index (χ4n) is 3.06. The zero-order valence-corrected chi connectivity index (χ0v) is 14.5. The third kappa shape index (κ3) is 3.73. The number of hydrogen-bond donors (Lipinski definition) is 1. The standard InChI is InChI=1S/C20H18FN3O3/c21-17-10-4-3-9-16(17)18-23-20(27-24-18)15-8-2-1-7-14(15)19(25)22-12-13-6-5-11-26-13/h1-4,7-10,13H,5-6,11-12H2,(H,22,25)/t13-/m1/s1. The van der Waals surface area contributed by atoms with Crippen molar-refractivity contribution < 1.29 is 18.4 Å². The Balaban J connectivity index is 1.58. The van der Waals surface area contributed by atoms with E-state index in [1.807, 2.05) is 0 Å². The second kappa shape index (κ2) is 7.67. The van der Waals surface area contributed by atoms with Crippen molar-refractivity contribution in [3.63, 3.8) is 0 Å². The van der Waals surface area contributed by atoms with Gasteiger partial charge in [0, 0.05) is 13.2 Å². The van der Waals surface area contributed by atoms with E-state index < -0.39 is 5.82 Å². The maximum atomic E-state index is 13.9. The minimum absolute atomic E-state index is 0.0529. The summed E-state index contributed by atoms with van der Waals surface area (Å²) in [5.74, 6) is -0.382. The molecule has 7 heteroatoms. The zero-order valence-electron chi connectivity index (χ0n) is 14.5. The van der Waals surface area contributed by atoms with Gasteiger partial charge in [0.2, 0.25) is 5.82 Å². The molecule has 1 atom stereocenters. The number of hydrogen-bond acceptors (Lipinski definition) is 5. The largest absolute Gasteiger partial charge is 0.376 e. The van der Waals surface area contributed by atoms with Gasteiger partial charge < -0.3 is 14.6 Å². The first-order valence-electron chi connectivity index (χ1n) is 8.80. The van der Waals surface area contributed by atoms with Gasteiger partial charge in [-0.05, 0) is 37.1 Å². The molecule has 2 aromatic carbocycles. The topological polar surface area (TPSA) is 77.2 Å². The second-order valence-corrected chi connectivity index (χ2v) is 6.29. The molecule has 1 aliphatic heterocycles. The van der Waals surface area contributed by atoms with Crippen LogP contribution in [0, 0.1) is 5.82 Å². The lowest BCUT2D eigenvalue weighted by atomic mass is 10.1. The van der Waals surface area contributed by atoms with E-state index in [9.17, 15) is 9.18 Å². The van der Waals surface area contributed by atoms with Gasteiger partial charge in [-0.3, -0.25) is 4.79 Å². The van der Waals surface area contributed by atoms with Gasteiger partial charge in [-0.2, -0.15) is 4.98 Å². The van der Waals surface area contributed by atoms with E-state index >= 15 is 0 Å². The van der Waals surface area contributed by atoms with Crippen LogP contribution in [0.4, 0.5) is 4.39 Å². The quantitative estimate of drug-likeness (QED) is 0.747. The SMILES string of the molecule is O=C(NC[C@H]1CCCO1)c1ccccc1-c1nc(-c2ccccc2F)no1. The number of aromatic nitrogens is 2. The van der Waals surface area contributed by atoms with Crippen molar-refractivity contribution in [1.29, 1.82) is 0 Å². The maximum absolute atomic E-state index is 13.9. The summed E-state index contributed by atoms with van der Waals surface area (Å²) in [6.45, 7) is 1.19. The summed E-state index contributed by atoms with van der Waals surface area (Å²) in [5, 5.41) is 6.74. The van der Waals surface area contributed by atoms with Gasteiger partial charge in [0.15, 0.2) is 0 Å². The van der Waals surface area contributed by atoms with Crippen LogP contribution in [0.1, 0.15) is 23.2 Å². The Morgan fingerprint density at radius 1 is 1.15 bits per heavy atom. The molecule has 0 spiro atoms. The molecular formula is C20H18FN3O3. The minimum Gasteiger partial charge on any atom is -0.376 e. The molecule has 1 fully saturated rings. The van der Waals surface area contributed by atoms with Crippen molar-refractivity contribution >= 4 is 5.91 Å². The van der Waals surface area contributed by atoms with Crippen LogP contribution in [-0.2, 0) is 4.74 Å². The lowest BCUT2D eigenvalue weighted by Gasteiger charge is -2.11. The third-order valence-corrected chi connectivity index (χ3v) is 4.46. The van der Waals surface area contributed by atoms with Crippen molar-refractivity contribution in [3.8, 4) is 22.8 Å². The van der Waals surface area contributed by atoms with Crippen LogP contribution < -0.4 is 5.32 Å². The van der Waals surface area contributed by atoms with Gasteiger partial charge in [0.1, 0.15) is 5.82 Å². The highest BCUT2D eigenvalue weighted by Gasteiger charge is 2.21. The van der Waals surface area contributed by atoms with Crippen LogP contribution in [0.3, 0.4) is 0 Å². The van der Waals surface area contributed by atoms with Gasteiger partial charge >= 0.3 is 0 Å². The van der Waals surface area contributed by atoms with Crippen molar-refractivity contribution in [1.82, 2.24) is 15.5 Å². The van der Waals surface area contributed by atoms with Crippen molar-refractivity contribution in [2.24, 2.45) is 0 Å². The predicted molar refractivity (Wildman–Crippen MR) is 96.4 cm³/mol. The first-order chi connectivity index (χ1) is 13.2. The average Bonchev–Trinajstić information content (AvgIpc) is 3.38. The normalized spacial score (nSPS) is 16.4. The molecule has 27 heavy (non-hydrogen) atoms. The van der Waals surface area contributed by atoms with Crippen LogP contribution in [0.2, 0.25) is 0 Å². The Bertz CT molecular complexity index is 951. The number of amides is 1. The minimum atomic E-state index is -0.438. The summed E-state index contributed by atoms with van der Waals surface area (Å²) < 4.78 is 24.8. The van der Waals surface area contributed by atoms with E-state index in [2.05, 4.69) is 15.5 Å². The molecule has 3 aromatic rings. The van der Waals surface area contributed by atoms with Gasteiger partial charge in [-0.25, -0.2) is 4.39 Å². The molecule has 0 aliphatic carbocycles. The molecule has 1 aliphatic rings. The van der Waals surface area contributed by atoms with Crippen LogP contribution >= 0.6 is 0 Å². The molecule has 0 saturated carbocycles. The summed E-state index contributed by atoms with van der Waals surface area (Å²) in [5.41, 5.74) is 1.16. The second-order valence-electron chi connectivity index (χ2n) is 6.29. The highest BCUT2D eigenvalue weighted by molar-refractivity contribution is 6.00. The average molecular weight is 367 g/mol. The van der Waals surface area contributed by atoms with E-state index in [1.165, 1.54) is 6.07 Å². The molecule has 0 unspecified atom stereocenters. The lowest BCUT2D eigenvalue weighted by molar-refractivity contribution is 0.0858. The molecule has 138 valence electrons. The summed E-state index contributed by atoms with van der Waals surface area (Å²) >= 11 is 0. The van der Waals surface area contributed by atoms with E-state index in [0.717, 1.165) is 19.4 Å². The highest BCUT2D eigenvalue weighted by Crippen LogP contribution is 2.26. The van der Waals surface area contributed by atoms with E-state index in [4.69, 9.17) is 9.26 Å². The van der Waals surface area contributed by atoms with Crippen LogP contribution in [-0.4, -0.2) is 35.3 Å². The Morgan fingerprint density at radius 2 is 1.93 bits per heavy atom. The smallest absolute Gasteiger partial charge is 0.259 e. The van der Waals surface area contributed by atoms with Crippen molar-refractivity contribution in [3.05, 3.63) is 59.9 Å². The van der Waals surface area contributed by atoms with Crippen molar-refractivity contribution in [2.45, 2.75) is 18.9 Å². The molecule has 1 saturated heterocycles. The first-order valence-corrected chi connectivity index (χ1v) is 8.80. The Kier molecular flexibility index (Phi) is 4.93. The molecular weight excluding hydrogens is 349 g/mol. The number of carbonyl (C=O) groups is 1. The van der Waals surface area contributed by atoms with Gasteiger partial charge in [0.25, 0.3) is 11.8 Å². The predicted octanol–water partition coefficient (Wildman–Crippen LogP) is 3.45. The Labute approximate surface area is 155 Å². The monoisotopic (exact) mass is 367 g/mol. The van der Waals surface area contributed by atoms with Crippen molar-refractivity contribution in [2.75, 3.05) is 13.2 Å². The van der Waals surface area contributed by atoms with Crippen LogP contribution in [0.25, 0.3) is 22.8 Å². The van der Waals surface area contributed by atoms with Gasteiger partial charge in [-0.1, -0.05) is 29.4 Å². The highest BCUT2D eigenvalue weighted by atomic mass is 19.1. The van der Waals surface area contributed by atoms with Gasteiger partial charge in [-0.15, -0.1) is 0 Å². The zero-order chi connectivity index (χ0) is 18.6. The van der Waals surface area contributed by atoms with E-state index in [-0.39, 0.29) is 29.3 Å². The molecule has 4 rings (SSSR count). The number of nitrogens with one attached hydrogen (secondary N) is 1. The molecule has 1 N–H and O–H groups in total. The number of rotatable bonds is 5. The maximum Gasteiger partial charge on any atom is 0.259 e. The third-order valence-electron chi connectivity index (χ3n) is 4.46. The first kappa shape index (κ1) is 17.4. The summed E-state index contributed by atoms with van der Waals surface area (Å²) in [6.07, 6.45) is 2.01. The van der Waals surface area contributed by atoms with Gasteiger partial charge in [0.05, 0.1) is 22.8 Å². The number of halogens is 1. The fourth-order valence-corrected chi connectivity index (χ4v) is 3.06. The number of benzene rings is 2. The molecule has 6 nitrogen and oxygen atoms in total. The lowest BCUT2D eigenvalue weighted by Crippen LogP contribution is -2.32.